The Kier molecular flexibility index (Phi) is 5.34. The van der Waals surface area contributed by atoms with Crippen LogP contribution in [-0.2, 0) is 6.54 Å². The molecule has 4 nitrogen and oxygen atoms in total. The van der Waals surface area contributed by atoms with Gasteiger partial charge < -0.3 is 14.7 Å². The number of hydrogen-bond donors (Lipinski definition) is 0. The number of rotatable bonds is 4. The molecule has 2 aromatic rings. The van der Waals surface area contributed by atoms with Gasteiger partial charge in [-0.1, -0.05) is 18.2 Å². The Morgan fingerprint density at radius 3 is 2.44 bits per heavy atom. The smallest absolute Gasteiger partial charge is 0.254 e. The van der Waals surface area contributed by atoms with E-state index in [-0.39, 0.29) is 11.7 Å². The van der Waals surface area contributed by atoms with Gasteiger partial charge in [0.15, 0.2) is 0 Å². The number of anilines is 1. The molecule has 0 aliphatic carbocycles. The van der Waals surface area contributed by atoms with Crippen molar-refractivity contribution in [2.45, 2.75) is 6.54 Å². The zero-order valence-electron chi connectivity index (χ0n) is 14.8. The maximum Gasteiger partial charge on any atom is 0.254 e. The summed E-state index contributed by atoms with van der Waals surface area (Å²) in [6.45, 7) is 3.77. The molecular formula is C20H24FN3O. The molecule has 5 heteroatoms. The highest BCUT2D eigenvalue weighted by atomic mass is 19.1. The molecule has 2 aromatic carbocycles. The van der Waals surface area contributed by atoms with E-state index in [1.165, 1.54) is 23.4 Å². The topological polar surface area (TPSA) is 26.8 Å². The maximum absolute atomic E-state index is 13.3. The fourth-order valence-corrected chi connectivity index (χ4v) is 3.19. The van der Waals surface area contributed by atoms with Gasteiger partial charge in [0.05, 0.1) is 0 Å². The summed E-state index contributed by atoms with van der Waals surface area (Å²) in [7, 11) is 4.12. The highest BCUT2D eigenvalue weighted by molar-refractivity contribution is 5.94. The number of hydrogen-bond acceptors (Lipinski definition) is 3. The lowest BCUT2D eigenvalue weighted by Gasteiger charge is -2.36. The molecule has 1 aliphatic rings. The second-order valence-corrected chi connectivity index (χ2v) is 6.70. The van der Waals surface area contributed by atoms with Crippen molar-refractivity contribution in [1.29, 1.82) is 0 Å². The Bertz CT molecular complexity index is 739. The van der Waals surface area contributed by atoms with E-state index in [0.717, 1.165) is 19.6 Å². The van der Waals surface area contributed by atoms with Crippen molar-refractivity contribution in [2.75, 3.05) is 45.2 Å². The van der Waals surface area contributed by atoms with Crippen LogP contribution in [0.4, 0.5) is 10.1 Å². The molecule has 132 valence electrons. The highest BCUT2D eigenvalue weighted by Gasteiger charge is 2.22. The van der Waals surface area contributed by atoms with Gasteiger partial charge in [-0.05, 0) is 50.0 Å². The van der Waals surface area contributed by atoms with Crippen LogP contribution in [0, 0.1) is 5.82 Å². The summed E-state index contributed by atoms with van der Waals surface area (Å²) >= 11 is 0. The first-order valence-corrected chi connectivity index (χ1v) is 8.56. The standard InChI is InChI=1S/C20H24FN3O/c1-22(2)15-16-5-3-8-19(13-16)23-9-11-24(12-10-23)20(25)17-6-4-7-18(21)14-17/h3-8,13-14H,9-12,15H2,1-2H3. The molecule has 0 spiro atoms. The van der Waals surface area contributed by atoms with Crippen LogP contribution >= 0.6 is 0 Å². The van der Waals surface area contributed by atoms with Gasteiger partial charge in [-0.25, -0.2) is 4.39 Å². The van der Waals surface area contributed by atoms with Crippen LogP contribution in [-0.4, -0.2) is 56.0 Å². The second kappa shape index (κ2) is 7.66. The molecule has 1 heterocycles. The first kappa shape index (κ1) is 17.4. The van der Waals surface area contributed by atoms with E-state index in [1.54, 1.807) is 17.0 Å². The first-order valence-electron chi connectivity index (χ1n) is 8.56. The average molecular weight is 341 g/mol. The van der Waals surface area contributed by atoms with Crippen molar-refractivity contribution in [3.8, 4) is 0 Å². The van der Waals surface area contributed by atoms with Gasteiger partial charge in [0.2, 0.25) is 0 Å². The van der Waals surface area contributed by atoms with Crippen LogP contribution < -0.4 is 4.90 Å². The van der Waals surface area contributed by atoms with Gasteiger partial charge in [0, 0.05) is 44.0 Å². The molecule has 0 aromatic heterocycles. The fraction of sp³-hybridized carbons (Fsp3) is 0.350. The Morgan fingerprint density at radius 2 is 1.76 bits per heavy atom. The molecule has 25 heavy (non-hydrogen) atoms. The summed E-state index contributed by atoms with van der Waals surface area (Å²) in [6.07, 6.45) is 0. The summed E-state index contributed by atoms with van der Waals surface area (Å²) in [4.78, 5) is 18.8. The normalized spacial score (nSPS) is 14.9. The van der Waals surface area contributed by atoms with E-state index in [4.69, 9.17) is 0 Å². The van der Waals surface area contributed by atoms with Crippen molar-refractivity contribution < 1.29 is 9.18 Å². The van der Waals surface area contributed by atoms with Crippen LogP contribution in [0.1, 0.15) is 15.9 Å². The summed E-state index contributed by atoms with van der Waals surface area (Å²) in [5.41, 5.74) is 2.89. The van der Waals surface area contributed by atoms with E-state index >= 15 is 0 Å². The Balaban J connectivity index is 1.63. The summed E-state index contributed by atoms with van der Waals surface area (Å²) in [6, 6.07) is 14.4. The summed E-state index contributed by atoms with van der Waals surface area (Å²) < 4.78 is 13.3. The number of piperazine rings is 1. The zero-order valence-corrected chi connectivity index (χ0v) is 14.8. The van der Waals surface area contributed by atoms with Gasteiger partial charge in [-0.3, -0.25) is 4.79 Å². The van der Waals surface area contributed by atoms with Crippen LogP contribution in [0.5, 0.6) is 0 Å². The molecule has 0 N–H and O–H groups in total. The minimum absolute atomic E-state index is 0.0968. The summed E-state index contributed by atoms with van der Waals surface area (Å²) in [5, 5.41) is 0. The van der Waals surface area contributed by atoms with Crippen LogP contribution in [0.15, 0.2) is 48.5 Å². The Morgan fingerprint density at radius 1 is 1.04 bits per heavy atom. The third-order valence-corrected chi connectivity index (χ3v) is 4.41. The van der Waals surface area contributed by atoms with Crippen molar-refractivity contribution in [3.05, 3.63) is 65.5 Å². The SMILES string of the molecule is CN(C)Cc1cccc(N2CCN(C(=O)c3cccc(F)c3)CC2)c1. The van der Waals surface area contributed by atoms with E-state index in [9.17, 15) is 9.18 Å². The number of carbonyl (C=O) groups excluding carboxylic acids is 1. The molecule has 0 unspecified atom stereocenters. The molecule has 1 aliphatic heterocycles. The van der Waals surface area contributed by atoms with Crippen molar-refractivity contribution in [1.82, 2.24) is 9.80 Å². The number of nitrogens with zero attached hydrogens (tertiary/aromatic N) is 3. The molecule has 1 amide bonds. The minimum Gasteiger partial charge on any atom is -0.368 e. The number of amides is 1. The quantitative estimate of drug-likeness (QED) is 0.856. The predicted molar refractivity (Wildman–Crippen MR) is 98.3 cm³/mol. The first-order chi connectivity index (χ1) is 12.0. The highest BCUT2D eigenvalue weighted by Crippen LogP contribution is 2.20. The van der Waals surface area contributed by atoms with Gasteiger partial charge in [0.1, 0.15) is 5.82 Å². The molecule has 1 fully saturated rings. The van der Waals surface area contributed by atoms with E-state index in [1.807, 2.05) is 0 Å². The number of carbonyl (C=O) groups is 1. The third kappa shape index (κ3) is 4.37. The largest absolute Gasteiger partial charge is 0.368 e. The number of benzene rings is 2. The van der Waals surface area contributed by atoms with Gasteiger partial charge in [-0.15, -0.1) is 0 Å². The lowest BCUT2D eigenvalue weighted by Crippen LogP contribution is -2.48. The third-order valence-electron chi connectivity index (χ3n) is 4.41. The molecule has 3 rings (SSSR count). The van der Waals surface area contributed by atoms with Gasteiger partial charge in [-0.2, -0.15) is 0 Å². The lowest BCUT2D eigenvalue weighted by atomic mass is 10.1. The van der Waals surface area contributed by atoms with Crippen molar-refractivity contribution >= 4 is 11.6 Å². The van der Waals surface area contributed by atoms with Gasteiger partial charge >= 0.3 is 0 Å². The predicted octanol–water partition coefficient (Wildman–Crippen LogP) is 2.85. The fourth-order valence-electron chi connectivity index (χ4n) is 3.19. The second-order valence-electron chi connectivity index (χ2n) is 6.70. The molecular weight excluding hydrogens is 317 g/mol. The van der Waals surface area contributed by atoms with E-state index < -0.39 is 0 Å². The van der Waals surface area contributed by atoms with Crippen molar-refractivity contribution in [2.24, 2.45) is 0 Å². The Hall–Kier alpha value is -2.40. The van der Waals surface area contributed by atoms with E-state index in [0.29, 0.717) is 18.7 Å². The van der Waals surface area contributed by atoms with E-state index in [2.05, 4.69) is 48.2 Å². The van der Waals surface area contributed by atoms with Gasteiger partial charge in [0.25, 0.3) is 5.91 Å². The zero-order chi connectivity index (χ0) is 17.8. The molecule has 0 bridgehead atoms. The average Bonchev–Trinajstić information content (AvgIpc) is 2.61. The molecule has 0 saturated carbocycles. The minimum atomic E-state index is -0.373. The monoisotopic (exact) mass is 341 g/mol. The van der Waals surface area contributed by atoms with Crippen LogP contribution in [0.25, 0.3) is 0 Å². The van der Waals surface area contributed by atoms with Crippen molar-refractivity contribution in [3.63, 3.8) is 0 Å². The Labute approximate surface area is 148 Å². The number of halogens is 1. The van der Waals surface area contributed by atoms with Crippen LogP contribution in [0.2, 0.25) is 0 Å². The van der Waals surface area contributed by atoms with Crippen LogP contribution in [0.3, 0.4) is 0 Å². The molecule has 0 atom stereocenters. The molecule has 1 saturated heterocycles. The molecule has 0 radical (unpaired) electrons. The lowest BCUT2D eigenvalue weighted by molar-refractivity contribution is 0.0746. The maximum atomic E-state index is 13.3. The summed E-state index contributed by atoms with van der Waals surface area (Å²) in [5.74, 6) is -0.470.